The molecule has 4 rings (SSSR count). The van der Waals surface area contributed by atoms with Gasteiger partial charge in [-0.3, -0.25) is 4.79 Å². The van der Waals surface area contributed by atoms with Crippen LogP contribution in [-0.2, 0) is 9.53 Å². The molecule has 0 radical (unpaired) electrons. The Labute approximate surface area is 162 Å². The zero-order valence-electron chi connectivity index (χ0n) is 15.6. The molecule has 0 spiro atoms. The highest BCUT2D eigenvalue weighted by molar-refractivity contribution is 7.19. The molecule has 6 nitrogen and oxygen atoms in total. The van der Waals surface area contributed by atoms with Crippen LogP contribution in [0.15, 0.2) is 36.0 Å². The fraction of sp³-hybridized carbons (Fsp3) is 0.350. The number of hydrogen-bond donors (Lipinski definition) is 2. The van der Waals surface area contributed by atoms with E-state index in [0.29, 0.717) is 11.7 Å². The van der Waals surface area contributed by atoms with Crippen molar-refractivity contribution < 1.29 is 9.53 Å². The number of carbonyl (C=O) groups excluding carboxylic acids is 1. The standard InChI is InChI=1S/C20H22N4O2S/c1-11-15-6-5-13(7-16(15)23-12(2)22-11)17-9-21-19(27-17)24-18(25)14-8-20(3,4)26-10-14/h5-7,9,14H,1,8,10H2,2-4H3,(H,22,23)(H,21,24,25). The first-order valence-corrected chi connectivity index (χ1v) is 9.69. The maximum atomic E-state index is 12.5. The average Bonchev–Trinajstić information content (AvgIpc) is 3.20. The van der Waals surface area contributed by atoms with Crippen LogP contribution in [0.4, 0.5) is 10.8 Å². The highest BCUT2D eigenvalue weighted by atomic mass is 32.1. The number of aliphatic imine (C=N–C) groups is 1. The van der Waals surface area contributed by atoms with Crippen molar-refractivity contribution in [3.05, 3.63) is 36.5 Å². The third-order valence-electron chi connectivity index (χ3n) is 4.75. The summed E-state index contributed by atoms with van der Waals surface area (Å²) in [7, 11) is 0. The molecule has 1 aromatic heterocycles. The summed E-state index contributed by atoms with van der Waals surface area (Å²) in [5, 5.41) is 6.67. The molecule has 0 saturated carbocycles. The van der Waals surface area contributed by atoms with E-state index in [1.807, 2.05) is 39.0 Å². The fourth-order valence-corrected chi connectivity index (χ4v) is 4.22. The molecule has 140 valence electrons. The van der Waals surface area contributed by atoms with E-state index in [0.717, 1.165) is 39.6 Å². The Balaban J connectivity index is 1.51. The second kappa shape index (κ2) is 6.58. The Kier molecular flexibility index (Phi) is 4.36. The number of amides is 1. The molecule has 2 N–H and O–H groups in total. The van der Waals surface area contributed by atoms with Gasteiger partial charge in [0.2, 0.25) is 5.91 Å². The van der Waals surface area contributed by atoms with E-state index in [9.17, 15) is 4.79 Å². The van der Waals surface area contributed by atoms with Crippen LogP contribution < -0.4 is 10.6 Å². The van der Waals surface area contributed by atoms with Gasteiger partial charge in [0.05, 0.1) is 28.7 Å². The second-order valence-corrected chi connectivity index (χ2v) is 8.55. The molecule has 0 bridgehead atoms. The van der Waals surface area contributed by atoms with Gasteiger partial charge in [0.15, 0.2) is 5.13 Å². The van der Waals surface area contributed by atoms with Crippen molar-refractivity contribution in [2.45, 2.75) is 32.8 Å². The number of aromatic nitrogens is 1. The molecule has 1 unspecified atom stereocenters. The molecule has 1 saturated heterocycles. The van der Waals surface area contributed by atoms with Gasteiger partial charge < -0.3 is 15.4 Å². The number of nitrogens with zero attached hydrogens (tertiary/aromatic N) is 2. The molecule has 2 aliphatic heterocycles. The predicted octanol–water partition coefficient (Wildman–Crippen LogP) is 4.19. The number of amidine groups is 1. The molecule has 7 heteroatoms. The normalized spacial score (nSPS) is 20.6. The fourth-order valence-electron chi connectivity index (χ4n) is 3.41. The van der Waals surface area contributed by atoms with Crippen molar-refractivity contribution in [1.29, 1.82) is 0 Å². The second-order valence-electron chi connectivity index (χ2n) is 7.52. The van der Waals surface area contributed by atoms with Gasteiger partial charge in [-0.1, -0.05) is 30.0 Å². The van der Waals surface area contributed by atoms with Crippen molar-refractivity contribution in [3.63, 3.8) is 0 Å². The van der Waals surface area contributed by atoms with Gasteiger partial charge >= 0.3 is 0 Å². The minimum atomic E-state index is -0.239. The number of nitrogens with one attached hydrogen (secondary N) is 2. The molecular weight excluding hydrogens is 360 g/mol. The third kappa shape index (κ3) is 3.65. The summed E-state index contributed by atoms with van der Waals surface area (Å²) < 4.78 is 5.65. The van der Waals surface area contributed by atoms with Crippen LogP contribution >= 0.6 is 11.3 Å². The summed E-state index contributed by atoms with van der Waals surface area (Å²) in [6, 6.07) is 6.05. The van der Waals surface area contributed by atoms with Crippen molar-refractivity contribution in [2.24, 2.45) is 10.9 Å². The summed E-state index contributed by atoms with van der Waals surface area (Å²) in [6.07, 6.45) is 2.50. The lowest BCUT2D eigenvalue weighted by Gasteiger charge is -2.18. The molecule has 3 heterocycles. The third-order valence-corrected chi connectivity index (χ3v) is 5.71. The minimum Gasteiger partial charge on any atom is -0.375 e. The Hall–Kier alpha value is -2.51. The minimum absolute atomic E-state index is 0.0329. The predicted molar refractivity (Wildman–Crippen MR) is 109 cm³/mol. The summed E-state index contributed by atoms with van der Waals surface area (Å²) >= 11 is 1.45. The lowest BCUT2D eigenvalue weighted by molar-refractivity contribution is -0.119. The zero-order valence-corrected chi connectivity index (χ0v) is 16.4. The van der Waals surface area contributed by atoms with E-state index in [4.69, 9.17) is 4.74 Å². The van der Waals surface area contributed by atoms with Gasteiger partial charge in [0.1, 0.15) is 5.84 Å². The van der Waals surface area contributed by atoms with Gasteiger partial charge in [0.25, 0.3) is 0 Å². The first kappa shape index (κ1) is 17.9. The van der Waals surface area contributed by atoms with Gasteiger partial charge in [-0.2, -0.15) is 0 Å². The van der Waals surface area contributed by atoms with E-state index >= 15 is 0 Å². The number of fused-ring (bicyclic) bond motifs is 1. The van der Waals surface area contributed by atoms with Gasteiger partial charge in [-0.25, -0.2) is 9.98 Å². The number of ether oxygens (including phenoxy) is 1. The molecule has 1 atom stereocenters. The van der Waals surface area contributed by atoms with Gasteiger partial charge in [-0.15, -0.1) is 0 Å². The smallest absolute Gasteiger partial charge is 0.231 e. The summed E-state index contributed by atoms with van der Waals surface area (Å²) in [4.78, 5) is 22.3. The quantitative estimate of drug-likeness (QED) is 0.835. The molecule has 0 aliphatic carbocycles. The summed E-state index contributed by atoms with van der Waals surface area (Å²) in [5.41, 5.74) is 3.51. The number of benzene rings is 1. The Morgan fingerprint density at radius 2 is 2.26 bits per heavy atom. The first-order chi connectivity index (χ1) is 12.8. The molecule has 2 aliphatic rings. The van der Waals surface area contributed by atoms with E-state index in [1.165, 1.54) is 11.3 Å². The maximum absolute atomic E-state index is 12.5. The van der Waals surface area contributed by atoms with Crippen LogP contribution in [0.1, 0.15) is 32.8 Å². The van der Waals surface area contributed by atoms with Crippen LogP contribution in [0.25, 0.3) is 16.1 Å². The zero-order chi connectivity index (χ0) is 19.2. The summed E-state index contributed by atoms with van der Waals surface area (Å²) in [5.74, 6) is 0.657. The average molecular weight is 382 g/mol. The highest BCUT2D eigenvalue weighted by Crippen LogP contribution is 2.36. The number of rotatable bonds is 3. The van der Waals surface area contributed by atoms with Crippen molar-refractivity contribution in [2.75, 3.05) is 11.9 Å². The van der Waals surface area contributed by atoms with Gasteiger partial charge in [-0.05, 0) is 38.8 Å². The van der Waals surface area contributed by atoms with Crippen molar-refractivity contribution in [3.8, 4) is 10.4 Å². The van der Waals surface area contributed by atoms with E-state index in [-0.39, 0.29) is 17.4 Å². The Morgan fingerprint density at radius 3 is 3.00 bits per heavy atom. The Bertz CT molecular complexity index is 961. The van der Waals surface area contributed by atoms with Crippen LogP contribution in [0.5, 0.6) is 0 Å². The number of hydrogen-bond acceptors (Lipinski definition) is 6. The molecule has 1 fully saturated rings. The molecule has 1 aromatic carbocycles. The SMILES string of the molecule is C=C1NC(C)=Nc2cc(-c3cnc(NC(=O)C4COC(C)(C)C4)s3)ccc21. The topological polar surface area (TPSA) is 75.6 Å². The number of carbonyl (C=O) groups is 1. The lowest BCUT2D eigenvalue weighted by atomic mass is 9.97. The highest BCUT2D eigenvalue weighted by Gasteiger charge is 2.36. The van der Waals surface area contributed by atoms with E-state index in [2.05, 4.69) is 27.2 Å². The van der Waals surface area contributed by atoms with Crippen molar-refractivity contribution >= 4 is 39.6 Å². The largest absolute Gasteiger partial charge is 0.375 e. The van der Waals surface area contributed by atoms with Crippen LogP contribution in [0, 0.1) is 5.92 Å². The monoisotopic (exact) mass is 382 g/mol. The molecule has 1 amide bonds. The lowest BCUT2D eigenvalue weighted by Crippen LogP contribution is -2.24. The molecule has 2 aromatic rings. The number of anilines is 1. The maximum Gasteiger partial charge on any atom is 0.231 e. The van der Waals surface area contributed by atoms with Crippen LogP contribution in [0.2, 0.25) is 0 Å². The van der Waals surface area contributed by atoms with Crippen LogP contribution in [0.3, 0.4) is 0 Å². The van der Waals surface area contributed by atoms with E-state index in [1.54, 1.807) is 6.20 Å². The molecular formula is C20H22N4O2S. The summed E-state index contributed by atoms with van der Waals surface area (Å²) in [6.45, 7) is 10.4. The molecule has 27 heavy (non-hydrogen) atoms. The van der Waals surface area contributed by atoms with Gasteiger partial charge in [0, 0.05) is 17.5 Å². The Morgan fingerprint density at radius 1 is 1.44 bits per heavy atom. The van der Waals surface area contributed by atoms with Crippen LogP contribution in [-0.4, -0.2) is 28.9 Å². The van der Waals surface area contributed by atoms with E-state index < -0.39 is 0 Å². The first-order valence-electron chi connectivity index (χ1n) is 8.87. The number of thiazole rings is 1. The van der Waals surface area contributed by atoms with Crippen molar-refractivity contribution in [1.82, 2.24) is 10.3 Å².